The first-order valence-electron chi connectivity index (χ1n) is 11.4. The summed E-state index contributed by atoms with van der Waals surface area (Å²) < 4.78 is 18.0. The van der Waals surface area contributed by atoms with Crippen molar-refractivity contribution >= 4 is 5.97 Å². The van der Waals surface area contributed by atoms with E-state index >= 15 is 0 Å². The molecule has 2 heterocycles. The number of esters is 1. The van der Waals surface area contributed by atoms with Gasteiger partial charge in [-0.2, -0.15) is 0 Å². The number of hydrogen-bond acceptors (Lipinski definition) is 8. The van der Waals surface area contributed by atoms with Gasteiger partial charge < -0.3 is 14.2 Å². The van der Waals surface area contributed by atoms with E-state index in [1.807, 2.05) is 78.9 Å². The summed E-state index contributed by atoms with van der Waals surface area (Å²) in [6.07, 6.45) is 0. The molecule has 1 aliphatic rings. The zero-order valence-corrected chi connectivity index (χ0v) is 19.2. The minimum atomic E-state index is -0.515. The van der Waals surface area contributed by atoms with Crippen LogP contribution in [0.2, 0.25) is 0 Å². The maximum atomic E-state index is 12.2. The van der Waals surface area contributed by atoms with Crippen molar-refractivity contribution in [3.8, 4) is 11.5 Å². The third kappa shape index (κ3) is 4.85. The van der Waals surface area contributed by atoms with Crippen molar-refractivity contribution in [2.75, 3.05) is 19.9 Å². The average Bonchev–Trinajstić information content (AvgIpc) is 3.56. The Kier molecular flexibility index (Phi) is 6.67. The molecule has 0 spiro atoms. The minimum Gasteiger partial charge on any atom is -0.465 e. The Labute approximate surface area is 202 Å². The van der Waals surface area contributed by atoms with Gasteiger partial charge in [0, 0.05) is 0 Å². The van der Waals surface area contributed by atoms with E-state index in [4.69, 9.17) is 14.2 Å². The summed E-state index contributed by atoms with van der Waals surface area (Å²) in [4.78, 5) is 12.2. The number of carbonyl (C=O) groups is 1. The monoisotopic (exact) mass is 471 g/mol. The van der Waals surface area contributed by atoms with E-state index in [0.29, 0.717) is 23.9 Å². The van der Waals surface area contributed by atoms with E-state index in [1.54, 1.807) is 11.6 Å². The molecule has 9 heteroatoms. The zero-order valence-electron chi connectivity index (χ0n) is 19.2. The lowest BCUT2D eigenvalue weighted by molar-refractivity contribution is -0.142. The topological polar surface area (TPSA) is 100 Å². The van der Waals surface area contributed by atoms with E-state index < -0.39 is 6.04 Å². The van der Waals surface area contributed by atoms with Crippen LogP contribution in [0.25, 0.3) is 0 Å². The number of ether oxygens (including phenoxy) is 3. The highest BCUT2D eigenvalue weighted by Crippen LogP contribution is 2.36. The van der Waals surface area contributed by atoms with Crippen molar-refractivity contribution in [2.24, 2.45) is 0 Å². The van der Waals surface area contributed by atoms with Crippen LogP contribution < -0.4 is 14.8 Å². The molecule has 9 nitrogen and oxygen atoms in total. The summed E-state index contributed by atoms with van der Waals surface area (Å²) in [7, 11) is 0. The molecule has 0 aliphatic carbocycles. The predicted molar refractivity (Wildman–Crippen MR) is 127 cm³/mol. The normalized spacial score (nSPS) is 13.1. The van der Waals surface area contributed by atoms with E-state index in [-0.39, 0.29) is 25.3 Å². The lowest BCUT2D eigenvalue weighted by atomic mass is 9.98. The second-order valence-corrected chi connectivity index (χ2v) is 7.94. The second-order valence-electron chi connectivity index (χ2n) is 7.94. The highest BCUT2D eigenvalue weighted by Gasteiger charge is 2.29. The summed E-state index contributed by atoms with van der Waals surface area (Å²) in [6, 6.07) is 24.9. The smallest absolute Gasteiger partial charge is 0.319 e. The first-order valence-corrected chi connectivity index (χ1v) is 11.4. The summed E-state index contributed by atoms with van der Waals surface area (Å²) in [5.41, 5.74) is 2.89. The summed E-state index contributed by atoms with van der Waals surface area (Å²) >= 11 is 0. The molecule has 1 aromatic heterocycles. The van der Waals surface area contributed by atoms with Crippen LogP contribution in [0.5, 0.6) is 11.5 Å². The van der Waals surface area contributed by atoms with E-state index in [0.717, 1.165) is 16.7 Å². The zero-order chi connectivity index (χ0) is 24.0. The summed E-state index contributed by atoms with van der Waals surface area (Å²) in [6.45, 7) is 2.23. The van der Waals surface area contributed by atoms with E-state index in [2.05, 4.69) is 20.8 Å². The lowest BCUT2D eigenvalue weighted by Gasteiger charge is -2.24. The van der Waals surface area contributed by atoms with Crippen molar-refractivity contribution in [1.82, 2.24) is 25.5 Å². The molecular weight excluding hydrogens is 446 g/mol. The number of rotatable bonds is 9. The molecule has 3 aromatic carbocycles. The molecule has 0 saturated heterocycles. The molecule has 1 N–H and O–H groups in total. The maximum Gasteiger partial charge on any atom is 0.319 e. The Morgan fingerprint density at radius 2 is 1.66 bits per heavy atom. The van der Waals surface area contributed by atoms with Crippen LogP contribution in [0.4, 0.5) is 0 Å². The molecule has 4 aromatic rings. The number of carbonyl (C=O) groups excluding carboxylic acids is 1. The van der Waals surface area contributed by atoms with Gasteiger partial charge >= 0.3 is 5.97 Å². The molecule has 178 valence electrons. The van der Waals surface area contributed by atoms with Crippen LogP contribution in [0.15, 0.2) is 78.9 Å². The number of nitrogens with one attached hydrogen (secondary N) is 1. The van der Waals surface area contributed by atoms with Gasteiger partial charge in [-0.15, -0.1) is 5.10 Å². The van der Waals surface area contributed by atoms with Gasteiger partial charge in [-0.25, -0.2) is 4.68 Å². The SMILES string of the molecule is CCOC(=O)CNC(c1ccc2c(c1)OCO2)c1nnnn1C(c1ccccc1)c1ccccc1. The molecule has 0 radical (unpaired) electrons. The van der Waals surface area contributed by atoms with Gasteiger partial charge in [-0.3, -0.25) is 10.1 Å². The van der Waals surface area contributed by atoms with Crippen LogP contribution in [-0.4, -0.2) is 46.1 Å². The number of tetrazole rings is 1. The van der Waals surface area contributed by atoms with Gasteiger partial charge in [0.1, 0.15) is 6.04 Å². The molecule has 1 unspecified atom stereocenters. The molecule has 1 atom stereocenters. The maximum absolute atomic E-state index is 12.2. The first-order chi connectivity index (χ1) is 17.2. The van der Waals surface area contributed by atoms with Gasteiger partial charge in [0.15, 0.2) is 17.3 Å². The molecule has 0 amide bonds. The summed E-state index contributed by atoms with van der Waals surface area (Å²) in [5, 5.41) is 16.1. The molecule has 5 rings (SSSR count). The third-order valence-electron chi connectivity index (χ3n) is 5.74. The van der Waals surface area contributed by atoms with Crippen LogP contribution >= 0.6 is 0 Å². The Bertz CT molecular complexity index is 1240. The number of nitrogens with zero attached hydrogens (tertiary/aromatic N) is 4. The number of fused-ring (bicyclic) bond motifs is 1. The standard InChI is InChI=1S/C26H25N5O4/c1-2-33-23(32)16-27-24(20-13-14-21-22(15-20)35-17-34-21)26-28-29-30-31(26)25(18-9-5-3-6-10-18)19-11-7-4-8-12-19/h3-15,24-25,27H,2,16-17H2,1H3. The average molecular weight is 472 g/mol. The Morgan fingerprint density at radius 1 is 0.971 bits per heavy atom. The second kappa shape index (κ2) is 10.4. The fourth-order valence-electron chi connectivity index (χ4n) is 4.17. The minimum absolute atomic E-state index is 0.0127. The van der Waals surface area contributed by atoms with Crippen molar-refractivity contribution < 1.29 is 19.0 Å². The van der Waals surface area contributed by atoms with Crippen LogP contribution in [-0.2, 0) is 9.53 Å². The molecule has 1 aliphatic heterocycles. The number of aromatic nitrogens is 4. The van der Waals surface area contributed by atoms with E-state index in [1.165, 1.54) is 0 Å². The number of benzene rings is 3. The largest absolute Gasteiger partial charge is 0.465 e. The highest BCUT2D eigenvalue weighted by molar-refractivity contribution is 5.71. The van der Waals surface area contributed by atoms with Gasteiger partial charge in [-0.05, 0) is 46.2 Å². The molecule has 0 bridgehead atoms. The molecular formula is C26H25N5O4. The fraction of sp³-hybridized carbons (Fsp3) is 0.231. The lowest BCUT2D eigenvalue weighted by Crippen LogP contribution is -2.32. The van der Waals surface area contributed by atoms with Gasteiger partial charge in [-0.1, -0.05) is 66.7 Å². The van der Waals surface area contributed by atoms with Crippen molar-refractivity contribution in [3.63, 3.8) is 0 Å². The fourth-order valence-corrected chi connectivity index (χ4v) is 4.17. The highest BCUT2D eigenvalue weighted by atomic mass is 16.7. The van der Waals surface area contributed by atoms with Crippen molar-refractivity contribution in [1.29, 1.82) is 0 Å². The number of hydrogen-bond donors (Lipinski definition) is 1. The predicted octanol–water partition coefficient (Wildman–Crippen LogP) is 3.28. The summed E-state index contributed by atoms with van der Waals surface area (Å²) in [5.74, 6) is 1.49. The Balaban J connectivity index is 1.58. The van der Waals surface area contributed by atoms with Crippen LogP contribution in [0, 0.1) is 0 Å². The van der Waals surface area contributed by atoms with E-state index in [9.17, 15) is 4.79 Å². The Morgan fingerprint density at radius 3 is 2.34 bits per heavy atom. The molecule has 0 fully saturated rings. The molecule has 35 heavy (non-hydrogen) atoms. The van der Waals surface area contributed by atoms with Gasteiger partial charge in [0.05, 0.1) is 19.2 Å². The first kappa shape index (κ1) is 22.5. The Hall–Kier alpha value is -4.24. The third-order valence-corrected chi connectivity index (χ3v) is 5.74. The van der Waals surface area contributed by atoms with Crippen molar-refractivity contribution in [2.45, 2.75) is 19.0 Å². The van der Waals surface area contributed by atoms with Crippen LogP contribution in [0.1, 0.15) is 41.5 Å². The van der Waals surface area contributed by atoms with Gasteiger partial charge in [0.25, 0.3) is 0 Å². The van der Waals surface area contributed by atoms with Gasteiger partial charge in [0.2, 0.25) is 6.79 Å². The van der Waals surface area contributed by atoms with Crippen LogP contribution in [0.3, 0.4) is 0 Å². The van der Waals surface area contributed by atoms with Crippen molar-refractivity contribution in [3.05, 3.63) is 101 Å². The quantitative estimate of drug-likeness (QED) is 0.371. The molecule has 0 saturated carbocycles.